The highest BCUT2D eigenvalue weighted by Crippen LogP contribution is 2.25. The standard InChI is InChI=1S/C25H25N3OS/c1-2-29-23-15-13-22(14-16-23)28-24(19-21-11-7-4-8-12-21)26-27-25(28)30-18-17-20-9-5-3-6-10-20/h3-16H,2,17-19H2,1H3. The highest BCUT2D eigenvalue weighted by molar-refractivity contribution is 7.99. The van der Waals surface area contributed by atoms with E-state index in [2.05, 4.69) is 81.5 Å². The van der Waals surface area contributed by atoms with E-state index >= 15 is 0 Å². The molecular formula is C25H25N3OS. The third-order valence-electron chi connectivity index (χ3n) is 4.78. The average molecular weight is 416 g/mol. The molecule has 5 heteroatoms. The molecule has 1 aromatic heterocycles. The van der Waals surface area contributed by atoms with Crippen molar-refractivity contribution < 1.29 is 4.74 Å². The molecule has 0 aliphatic rings. The molecule has 0 N–H and O–H groups in total. The van der Waals surface area contributed by atoms with Gasteiger partial charge in [0.15, 0.2) is 5.16 Å². The van der Waals surface area contributed by atoms with Crippen molar-refractivity contribution in [2.24, 2.45) is 0 Å². The number of hydrogen-bond donors (Lipinski definition) is 0. The van der Waals surface area contributed by atoms with Gasteiger partial charge in [-0.15, -0.1) is 10.2 Å². The summed E-state index contributed by atoms with van der Waals surface area (Å²) in [5.74, 6) is 2.76. The predicted octanol–water partition coefficient (Wildman–Crippen LogP) is 5.59. The van der Waals surface area contributed by atoms with E-state index in [4.69, 9.17) is 4.74 Å². The molecule has 0 aliphatic heterocycles. The van der Waals surface area contributed by atoms with Crippen LogP contribution in [0.5, 0.6) is 5.75 Å². The van der Waals surface area contributed by atoms with E-state index in [0.717, 1.165) is 41.0 Å². The summed E-state index contributed by atoms with van der Waals surface area (Å²) in [6.45, 7) is 2.65. The zero-order valence-corrected chi connectivity index (χ0v) is 17.9. The van der Waals surface area contributed by atoms with Crippen molar-refractivity contribution in [3.63, 3.8) is 0 Å². The predicted molar refractivity (Wildman–Crippen MR) is 123 cm³/mol. The minimum Gasteiger partial charge on any atom is -0.494 e. The Bertz CT molecular complexity index is 1050. The number of rotatable bonds is 9. The number of nitrogens with zero attached hydrogens (tertiary/aromatic N) is 3. The fraction of sp³-hybridized carbons (Fsp3) is 0.200. The maximum atomic E-state index is 5.60. The summed E-state index contributed by atoms with van der Waals surface area (Å²) < 4.78 is 7.77. The van der Waals surface area contributed by atoms with Gasteiger partial charge in [-0.1, -0.05) is 72.4 Å². The van der Waals surface area contributed by atoms with E-state index < -0.39 is 0 Å². The lowest BCUT2D eigenvalue weighted by Gasteiger charge is -2.11. The number of ether oxygens (including phenoxy) is 1. The van der Waals surface area contributed by atoms with Crippen molar-refractivity contribution in [1.29, 1.82) is 0 Å². The first kappa shape index (κ1) is 20.2. The summed E-state index contributed by atoms with van der Waals surface area (Å²) >= 11 is 1.74. The largest absolute Gasteiger partial charge is 0.494 e. The van der Waals surface area contributed by atoms with Gasteiger partial charge in [0.25, 0.3) is 0 Å². The molecule has 0 saturated heterocycles. The van der Waals surface area contributed by atoms with Crippen LogP contribution in [0.4, 0.5) is 0 Å². The van der Waals surface area contributed by atoms with Crippen LogP contribution in [0.1, 0.15) is 23.9 Å². The molecule has 1 heterocycles. The first-order chi connectivity index (χ1) is 14.8. The summed E-state index contributed by atoms with van der Waals surface area (Å²) in [4.78, 5) is 0. The molecule has 0 aliphatic carbocycles. The zero-order valence-electron chi connectivity index (χ0n) is 17.1. The van der Waals surface area contributed by atoms with Crippen LogP contribution in [-0.2, 0) is 12.8 Å². The van der Waals surface area contributed by atoms with Crippen LogP contribution >= 0.6 is 11.8 Å². The van der Waals surface area contributed by atoms with Crippen LogP contribution in [-0.4, -0.2) is 27.1 Å². The first-order valence-electron chi connectivity index (χ1n) is 10.2. The Morgan fingerprint density at radius 2 is 1.47 bits per heavy atom. The van der Waals surface area contributed by atoms with Gasteiger partial charge in [-0.05, 0) is 48.7 Å². The van der Waals surface area contributed by atoms with Crippen LogP contribution in [0.2, 0.25) is 0 Å². The molecule has 0 fully saturated rings. The van der Waals surface area contributed by atoms with Crippen molar-refractivity contribution in [3.8, 4) is 11.4 Å². The summed E-state index contributed by atoms with van der Waals surface area (Å²) in [6, 6.07) is 29.1. The molecular weight excluding hydrogens is 390 g/mol. The molecule has 0 unspecified atom stereocenters. The highest BCUT2D eigenvalue weighted by Gasteiger charge is 2.15. The molecule has 0 spiro atoms. The third kappa shape index (κ3) is 5.10. The molecule has 0 bridgehead atoms. The maximum Gasteiger partial charge on any atom is 0.195 e. The monoisotopic (exact) mass is 415 g/mol. The molecule has 152 valence electrons. The van der Waals surface area contributed by atoms with Crippen LogP contribution in [0.25, 0.3) is 5.69 Å². The van der Waals surface area contributed by atoms with E-state index in [0.29, 0.717) is 6.61 Å². The Kier molecular flexibility index (Phi) is 6.83. The average Bonchev–Trinajstić information content (AvgIpc) is 3.18. The smallest absolute Gasteiger partial charge is 0.195 e. The Morgan fingerprint density at radius 3 is 2.13 bits per heavy atom. The minimum atomic E-state index is 0.659. The van der Waals surface area contributed by atoms with Crippen LogP contribution in [0, 0.1) is 0 Å². The lowest BCUT2D eigenvalue weighted by molar-refractivity contribution is 0.340. The van der Waals surface area contributed by atoms with Crippen LogP contribution in [0.15, 0.2) is 90.1 Å². The molecule has 3 aromatic carbocycles. The summed E-state index contributed by atoms with van der Waals surface area (Å²) in [5, 5.41) is 9.97. The molecule has 4 nitrogen and oxygen atoms in total. The van der Waals surface area contributed by atoms with Gasteiger partial charge in [-0.3, -0.25) is 4.57 Å². The fourth-order valence-electron chi connectivity index (χ4n) is 3.31. The van der Waals surface area contributed by atoms with Crippen molar-refractivity contribution in [3.05, 3.63) is 102 Å². The van der Waals surface area contributed by atoms with Crippen molar-refractivity contribution in [2.45, 2.75) is 24.9 Å². The van der Waals surface area contributed by atoms with Gasteiger partial charge in [0, 0.05) is 17.9 Å². The van der Waals surface area contributed by atoms with E-state index in [-0.39, 0.29) is 0 Å². The zero-order chi connectivity index (χ0) is 20.6. The second kappa shape index (κ2) is 10.1. The maximum absolute atomic E-state index is 5.60. The Labute approximate surface area is 181 Å². The quantitative estimate of drug-likeness (QED) is 0.334. The second-order valence-electron chi connectivity index (χ2n) is 6.91. The number of aryl methyl sites for hydroxylation is 1. The first-order valence-corrected chi connectivity index (χ1v) is 11.2. The van der Waals surface area contributed by atoms with E-state index in [1.807, 2.05) is 25.1 Å². The second-order valence-corrected chi connectivity index (χ2v) is 7.97. The third-order valence-corrected chi connectivity index (χ3v) is 5.71. The van der Waals surface area contributed by atoms with Crippen molar-refractivity contribution >= 4 is 11.8 Å². The normalized spacial score (nSPS) is 10.8. The summed E-state index contributed by atoms with van der Waals surface area (Å²) in [6.07, 6.45) is 1.73. The van der Waals surface area contributed by atoms with Crippen LogP contribution in [0.3, 0.4) is 0 Å². The van der Waals surface area contributed by atoms with Gasteiger partial charge in [0.05, 0.1) is 6.61 Å². The topological polar surface area (TPSA) is 39.9 Å². The van der Waals surface area contributed by atoms with Crippen molar-refractivity contribution in [1.82, 2.24) is 14.8 Å². The van der Waals surface area contributed by atoms with E-state index in [1.165, 1.54) is 11.1 Å². The number of hydrogen-bond acceptors (Lipinski definition) is 4. The summed E-state index contributed by atoms with van der Waals surface area (Å²) in [7, 11) is 0. The van der Waals surface area contributed by atoms with Gasteiger partial charge < -0.3 is 4.74 Å². The molecule has 4 aromatic rings. The van der Waals surface area contributed by atoms with E-state index in [9.17, 15) is 0 Å². The van der Waals surface area contributed by atoms with Gasteiger partial charge in [-0.25, -0.2) is 0 Å². The molecule has 0 atom stereocenters. The SMILES string of the molecule is CCOc1ccc(-n2c(Cc3ccccc3)nnc2SCCc2ccccc2)cc1. The number of aromatic nitrogens is 3. The van der Waals surface area contributed by atoms with Crippen molar-refractivity contribution in [2.75, 3.05) is 12.4 Å². The lowest BCUT2D eigenvalue weighted by Crippen LogP contribution is -2.04. The number of benzene rings is 3. The molecule has 0 amide bonds. The summed E-state index contributed by atoms with van der Waals surface area (Å²) in [5.41, 5.74) is 3.61. The van der Waals surface area contributed by atoms with Gasteiger partial charge >= 0.3 is 0 Å². The highest BCUT2D eigenvalue weighted by atomic mass is 32.2. The Balaban J connectivity index is 1.58. The Morgan fingerprint density at radius 1 is 0.800 bits per heavy atom. The Hall–Kier alpha value is -3.05. The van der Waals surface area contributed by atoms with Gasteiger partial charge in [0.1, 0.15) is 11.6 Å². The van der Waals surface area contributed by atoms with Gasteiger partial charge in [-0.2, -0.15) is 0 Å². The van der Waals surface area contributed by atoms with Crippen LogP contribution < -0.4 is 4.74 Å². The fourth-order valence-corrected chi connectivity index (χ4v) is 4.27. The molecule has 0 radical (unpaired) electrons. The molecule has 30 heavy (non-hydrogen) atoms. The van der Waals surface area contributed by atoms with E-state index in [1.54, 1.807) is 11.8 Å². The lowest BCUT2D eigenvalue weighted by atomic mass is 10.1. The minimum absolute atomic E-state index is 0.659. The molecule has 0 saturated carbocycles. The number of thioether (sulfide) groups is 1. The van der Waals surface area contributed by atoms with Gasteiger partial charge in [0.2, 0.25) is 0 Å². The molecule has 4 rings (SSSR count).